The Kier molecular flexibility index (Phi) is 11.3. The molecule has 0 bridgehead atoms. The van der Waals surface area contributed by atoms with E-state index in [0.29, 0.717) is 25.0 Å². The van der Waals surface area contributed by atoms with Gasteiger partial charge < -0.3 is 14.9 Å². The Labute approximate surface area is 172 Å². The summed E-state index contributed by atoms with van der Waals surface area (Å²) in [6.45, 7) is 3.91. The number of anilines is 1. The maximum Gasteiger partial charge on any atom is 0.335 e. The minimum atomic E-state index is -0.432. The molecule has 1 aromatic rings. The first-order valence-corrected chi connectivity index (χ1v) is 10.1. The van der Waals surface area contributed by atoms with Gasteiger partial charge in [0.05, 0.1) is 5.92 Å². The quantitative estimate of drug-likeness (QED) is 0.308. The number of carbonyl (C=O) groups is 4. The molecule has 0 aromatic heterocycles. The van der Waals surface area contributed by atoms with E-state index in [1.807, 2.05) is 24.3 Å². The van der Waals surface area contributed by atoms with Gasteiger partial charge in [0.1, 0.15) is 6.29 Å². The van der Waals surface area contributed by atoms with E-state index in [1.165, 1.54) is 12.6 Å². The Morgan fingerprint density at radius 1 is 1.21 bits per heavy atom. The normalized spacial score (nSPS) is 12.5. The summed E-state index contributed by atoms with van der Waals surface area (Å²) in [4.78, 5) is 49.8. The number of aldehydes is 1. The van der Waals surface area contributed by atoms with Crippen LogP contribution < -0.4 is 5.32 Å². The number of rotatable bonds is 13. The van der Waals surface area contributed by atoms with Crippen molar-refractivity contribution in [1.82, 2.24) is 5.06 Å². The van der Waals surface area contributed by atoms with Crippen LogP contribution in [-0.4, -0.2) is 36.7 Å². The number of carbonyl (C=O) groups excluding carboxylic acids is 4. The van der Waals surface area contributed by atoms with Crippen molar-refractivity contribution in [2.75, 3.05) is 12.4 Å². The van der Waals surface area contributed by atoms with Gasteiger partial charge in [-0.25, -0.2) is 4.79 Å². The van der Waals surface area contributed by atoms with Gasteiger partial charge in [0.15, 0.2) is 0 Å². The molecule has 2 amide bonds. The molecule has 0 spiro atoms. The summed E-state index contributed by atoms with van der Waals surface area (Å²) in [6, 6.07) is 7.80. The van der Waals surface area contributed by atoms with Gasteiger partial charge in [0.2, 0.25) is 6.41 Å². The fourth-order valence-corrected chi connectivity index (χ4v) is 3.14. The molecule has 0 saturated heterocycles. The summed E-state index contributed by atoms with van der Waals surface area (Å²) < 4.78 is 0. The second-order valence-corrected chi connectivity index (χ2v) is 7.46. The first-order chi connectivity index (χ1) is 13.9. The van der Waals surface area contributed by atoms with Crippen LogP contribution in [0, 0.1) is 11.8 Å². The third-order valence-corrected chi connectivity index (χ3v) is 4.78. The zero-order valence-electron chi connectivity index (χ0n) is 17.6. The lowest BCUT2D eigenvalue weighted by Crippen LogP contribution is -2.32. The van der Waals surface area contributed by atoms with E-state index >= 15 is 0 Å². The fourth-order valence-electron chi connectivity index (χ4n) is 3.14. The number of nitrogens with zero attached hydrogens (tertiary/aromatic N) is 1. The molecular weight excluding hydrogens is 372 g/mol. The summed E-state index contributed by atoms with van der Waals surface area (Å²) in [7, 11) is 1.39. The molecule has 1 aromatic carbocycles. The lowest BCUT2D eigenvalue weighted by Gasteiger charge is -2.20. The Morgan fingerprint density at radius 2 is 1.97 bits per heavy atom. The van der Waals surface area contributed by atoms with Crippen molar-refractivity contribution in [1.29, 1.82) is 0 Å². The fraction of sp³-hybridized carbons (Fsp3) is 0.545. The molecule has 0 heterocycles. The van der Waals surface area contributed by atoms with Crippen LogP contribution in [0.25, 0.3) is 0 Å². The van der Waals surface area contributed by atoms with Gasteiger partial charge >= 0.3 is 5.97 Å². The molecule has 0 saturated carbocycles. The summed E-state index contributed by atoms with van der Waals surface area (Å²) in [6.07, 6.45) is 6.18. The van der Waals surface area contributed by atoms with Crippen molar-refractivity contribution in [3.8, 4) is 0 Å². The monoisotopic (exact) mass is 404 g/mol. The SMILES string of the molecule is CC(CCCCc1cccc(NC=O)c1)CC(C)C(=O)ON(C)C(=O)CCC=O. The van der Waals surface area contributed by atoms with Crippen LogP contribution in [0.5, 0.6) is 0 Å². The maximum atomic E-state index is 12.2. The molecule has 0 aliphatic rings. The van der Waals surface area contributed by atoms with Crippen molar-refractivity contribution in [3.05, 3.63) is 29.8 Å². The van der Waals surface area contributed by atoms with Crippen LogP contribution >= 0.6 is 0 Å². The number of aryl methyl sites for hydroxylation is 1. The predicted octanol–water partition coefficient (Wildman–Crippen LogP) is 3.53. The highest BCUT2D eigenvalue weighted by atomic mass is 16.7. The molecule has 7 nitrogen and oxygen atoms in total. The van der Waals surface area contributed by atoms with E-state index in [-0.39, 0.29) is 18.8 Å². The number of amides is 2. The number of hydrogen-bond donors (Lipinski definition) is 1. The minimum Gasteiger partial charge on any atom is -0.338 e. The van der Waals surface area contributed by atoms with Crippen LogP contribution in [0.2, 0.25) is 0 Å². The van der Waals surface area contributed by atoms with Crippen LogP contribution in [0.3, 0.4) is 0 Å². The summed E-state index contributed by atoms with van der Waals surface area (Å²) in [5, 5.41) is 3.57. The zero-order valence-corrected chi connectivity index (χ0v) is 17.6. The van der Waals surface area contributed by atoms with Crippen molar-refractivity contribution in [3.63, 3.8) is 0 Å². The maximum absolute atomic E-state index is 12.2. The predicted molar refractivity (Wildman–Crippen MR) is 111 cm³/mol. The third-order valence-electron chi connectivity index (χ3n) is 4.78. The second-order valence-electron chi connectivity index (χ2n) is 7.46. The molecule has 0 fully saturated rings. The molecular formula is C22H32N2O5. The molecule has 2 atom stereocenters. The van der Waals surface area contributed by atoms with Crippen LogP contribution in [0.1, 0.15) is 57.9 Å². The molecule has 29 heavy (non-hydrogen) atoms. The van der Waals surface area contributed by atoms with Gasteiger partial charge in [0.25, 0.3) is 5.91 Å². The van der Waals surface area contributed by atoms with Gasteiger partial charge in [-0.1, -0.05) is 38.8 Å². The third kappa shape index (κ3) is 9.87. The first-order valence-electron chi connectivity index (χ1n) is 10.1. The van der Waals surface area contributed by atoms with Crippen LogP contribution in [0.15, 0.2) is 24.3 Å². The Morgan fingerprint density at radius 3 is 2.66 bits per heavy atom. The Balaban J connectivity index is 2.29. The number of hydrogen-bond acceptors (Lipinski definition) is 5. The average molecular weight is 405 g/mol. The van der Waals surface area contributed by atoms with Crippen LogP contribution in [0.4, 0.5) is 5.69 Å². The largest absolute Gasteiger partial charge is 0.338 e. The summed E-state index contributed by atoms with van der Waals surface area (Å²) >= 11 is 0. The molecule has 0 aliphatic heterocycles. The lowest BCUT2D eigenvalue weighted by molar-refractivity contribution is -0.196. The topological polar surface area (TPSA) is 92.8 Å². The molecule has 0 radical (unpaired) electrons. The zero-order chi connectivity index (χ0) is 21.6. The molecule has 1 N–H and O–H groups in total. The van der Waals surface area contributed by atoms with Gasteiger partial charge in [-0.15, -0.1) is 0 Å². The van der Waals surface area contributed by atoms with E-state index in [2.05, 4.69) is 12.2 Å². The molecule has 160 valence electrons. The Bertz CT molecular complexity index is 677. The van der Waals surface area contributed by atoms with E-state index < -0.39 is 11.9 Å². The number of benzene rings is 1. The van der Waals surface area contributed by atoms with E-state index in [4.69, 9.17) is 4.84 Å². The highest BCUT2D eigenvalue weighted by Gasteiger charge is 2.21. The van der Waals surface area contributed by atoms with Crippen molar-refractivity contribution in [2.45, 2.75) is 58.8 Å². The lowest BCUT2D eigenvalue weighted by atomic mass is 9.92. The van der Waals surface area contributed by atoms with E-state index in [1.54, 1.807) is 6.92 Å². The van der Waals surface area contributed by atoms with E-state index in [0.717, 1.165) is 36.4 Å². The first kappa shape index (κ1) is 24.3. The average Bonchev–Trinajstić information content (AvgIpc) is 2.69. The smallest absolute Gasteiger partial charge is 0.335 e. The molecule has 7 heteroatoms. The highest BCUT2D eigenvalue weighted by molar-refractivity contribution is 5.80. The van der Waals surface area contributed by atoms with Crippen molar-refractivity contribution < 1.29 is 24.0 Å². The standard InChI is InChI=1S/C22H32N2O5/c1-17(8-4-5-9-19-10-6-11-20(15-19)23-16-26)14-18(2)22(28)29-24(3)21(27)12-7-13-25/h6,10-11,13,15-18H,4-5,7-9,12,14H2,1-3H3,(H,23,26). The van der Waals surface area contributed by atoms with Gasteiger partial charge in [0, 0.05) is 25.6 Å². The van der Waals surface area contributed by atoms with Crippen molar-refractivity contribution >= 4 is 30.3 Å². The van der Waals surface area contributed by atoms with Gasteiger partial charge in [-0.2, -0.15) is 5.06 Å². The molecule has 2 unspecified atom stereocenters. The summed E-state index contributed by atoms with van der Waals surface area (Å²) in [5.74, 6) is -0.773. The Hall–Kier alpha value is -2.70. The number of nitrogens with one attached hydrogen (secondary N) is 1. The van der Waals surface area contributed by atoms with Gasteiger partial charge in [-0.05, 0) is 42.9 Å². The molecule has 1 rings (SSSR count). The number of unbranched alkanes of at least 4 members (excludes halogenated alkanes) is 1. The molecule has 0 aliphatic carbocycles. The van der Waals surface area contributed by atoms with Gasteiger partial charge in [-0.3, -0.25) is 9.59 Å². The summed E-state index contributed by atoms with van der Waals surface area (Å²) in [5.41, 5.74) is 1.98. The van der Waals surface area contributed by atoms with E-state index in [9.17, 15) is 19.2 Å². The highest BCUT2D eigenvalue weighted by Crippen LogP contribution is 2.20. The van der Waals surface area contributed by atoms with Crippen LogP contribution in [-0.2, 0) is 30.4 Å². The number of hydroxylamine groups is 2. The van der Waals surface area contributed by atoms with Crippen molar-refractivity contribution in [2.24, 2.45) is 11.8 Å². The minimum absolute atomic E-state index is 0.0339. The second kappa shape index (κ2) is 13.5.